The van der Waals surface area contributed by atoms with Crippen LogP contribution in [0.1, 0.15) is 31.0 Å². The fourth-order valence-electron chi connectivity index (χ4n) is 1.90. The number of hydrogen-bond donors (Lipinski definition) is 1. The van der Waals surface area contributed by atoms with E-state index in [1.807, 2.05) is 14.0 Å². The van der Waals surface area contributed by atoms with Crippen molar-refractivity contribution >= 4 is 0 Å². The van der Waals surface area contributed by atoms with Crippen LogP contribution in [-0.2, 0) is 4.74 Å². The Morgan fingerprint density at radius 3 is 2.67 bits per heavy atom. The summed E-state index contributed by atoms with van der Waals surface area (Å²) in [6.45, 7) is 7.00. The predicted octanol–water partition coefficient (Wildman–Crippen LogP) is 2.68. The Balaban J connectivity index is 2.82. The lowest BCUT2D eigenvalue weighted by atomic mass is 10.0. The molecule has 0 heterocycles. The van der Waals surface area contributed by atoms with Crippen LogP contribution in [0.25, 0.3) is 0 Å². The van der Waals surface area contributed by atoms with Crippen LogP contribution < -0.4 is 5.32 Å². The van der Waals surface area contributed by atoms with Gasteiger partial charge in [-0.3, -0.25) is 0 Å². The Bertz CT molecular complexity index is 298. The summed E-state index contributed by atoms with van der Waals surface area (Å²) in [7, 11) is 1.97. The van der Waals surface area contributed by atoms with E-state index in [1.165, 1.54) is 11.1 Å². The number of ether oxygens (including phenoxy) is 1. The van der Waals surface area contributed by atoms with Crippen LogP contribution in [0.4, 0.5) is 0 Å². The van der Waals surface area contributed by atoms with Gasteiger partial charge in [0.2, 0.25) is 0 Å². The lowest BCUT2D eigenvalue weighted by molar-refractivity contribution is 0.0493. The van der Waals surface area contributed by atoms with Crippen LogP contribution in [0.15, 0.2) is 24.3 Å². The second-order valence-corrected chi connectivity index (χ2v) is 3.84. The largest absolute Gasteiger partial charge is 0.377 e. The molecular weight excluding hydrogens is 186 g/mol. The number of nitrogens with one attached hydrogen (secondary N) is 1. The van der Waals surface area contributed by atoms with Crippen molar-refractivity contribution in [2.24, 2.45) is 0 Å². The zero-order chi connectivity index (χ0) is 11.3. The first-order chi connectivity index (χ1) is 7.19. The zero-order valence-corrected chi connectivity index (χ0v) is 10.1. The highest BCUT2D eigenvalue weighted by atomic mass is 16.5. The molecule has 2 atom stereocenters. The minimum Gasteiger partial charge on any atom is -0.377 e. The smallest absolute Gasteiger partial charge is 0.0741 e. The van der Waals surface area contributed by atoms with E-state index in [0.29, 0.717) is 0 Å². The summed E-state index contributed by atoms with van der Waals surface area (Å²) in [5.74, 6) is 0. The number of likely N-dealkylation sites (N-methyl/N-ethyl adjacent to an activating group) is 1. The Morgan fingerprint density at radius 1 is 1.40 bits per heavy atom. The molecule has 0 saturated heterocycles. The van der Waals surface area contributed by atoms with Crippen LogP contribution in [0.2, 0.25) is 0 Å². The van der Waals surface area contributed by atoms with Gasteiger partial charge in [-0.15, -0.1) is 0 Å². The molecule has 1 N–H and O–H groups in total. The van der Waals surface area contributed by atoms with Gasteiger partial charge in [0.15, 0.2) is 0 Å². The van der Waals surface area contributed by atoms with Crippen molar-refractivity contribution in [1.82, 2.24) is 5.32 Å². The van der Waals surface area contributed by atoms with Gasteiger partial charge >= 0.3 is 0 Å². The van der Waals surface area contributed by atoms with Crippen molar-refractivity contribution in [3.63, 3.8) is 0 Å². The monoisotopic (exact) mass is 207 g/mol. The molecule has 0 amide bonds. The average Bonchev–Trinajstić information content (AvgIpc) is 2.19. The number of rotatable bonds is 5. The summed E-state index contributed by atoms with van der Waals surface area (Å²) in [6.07, 6.45) is 0.196. The molecule has 84 valence electrons. The SMILES string of the molecule is CCOC(C)C(NC)c1cccc(C)c1. The topological polar surface area (TPSA) is 21.3 Å². The van der Waals surface area contributed by atoms with Gasteiger partial charge in [-0.2, -0.15) is 0 Å². The first-order valence-corrected chi connectivity index (χ1v) is 5.54. The molecule has 0 saturated carbocycles. The van der Waals surface area contributed by atoms with Crippen LogP contribution in [0.5, 0.6) is 0 Å². The van der Waals surface area contributed by atoms with Gasteiger partial charge in [0, 0.05) is 6.61 Å². The van der Waals surface area contributed by atoms with Crippen LogP contribution in [0.3, 0.4) is 0 Å². The Kier molecular flexibility index (Phi) is 4.79. The number of aryl methyl sites for hydroxylation is 1. The lowest BCUT2D eigenvalue weighted by Gasteiger charge is -2.24. The summed E-state index contributed by atoms with van der Waals surface area (Å²) < 4.78 is 5.63. The van der Waals surface area contributed by atoms with Gasteiger partial charge in [-0.25, -0.2) is 0 Å². The molecule has 0 fully saturated rings. The van der Waals surface area contributed by atoms with Gasteiger partial charge < -0.3 is 10.1 Å². The predicted molar refractivity (Wildman–Crippen MR) is 64.1 cm³/mol. The van der Waals surface area contributed by atoms with Gasteiger partial charge in [0.25, 0.3) is 0 Å². The van der Waals surface area contributed by atoms with E-state index >= 15 is 0 Å². The third-order valence-electron chi connectivity index (χ3n) is 2.61. The third kappa shape index (κ3) is 3.33. The molecule has 1 aromatic carbocycles. The maximum Gasteiger partial charge on any atom is 0.0741 e. The molecule has 0 aliphatic rings. The van der Waals surface area contributed by atoms with Gasteiger partial charge in [0.05, 0.1) is 12.1 Å². The highest BCUT2D eigenvalue weighted by Gasteiger charge is 2.17. The minimum atomic E-state index is 0.196. The third-order valence-corrected chi connectivity index (χ3v) is 2.61. The van der Waals surface area contributed by atoms with E-state index in [-0.39, 0.29) is 12.1 Å². The first kappa shape index (κ1) is 12.2. The molecule has 1 rings (SSSR count). The fourth-order valence-corrected chi connectivity index (χ4v) is 1.90. The second kappa shape index (κ2) is 5.89. The second-order valence-electron chi connectivity index (χ2n) is 3.84. The summed E-state index contributed by atoms with van der Waals surface area (Å²) in [4.78, 5) is 0. The molecule has 0 bridgehead atoms. The molecule has 1 aromatic rings. The summed E-state index contributed by atoms with van der Waals surface area (Å²) in [6, 6.07) is 8.82. The molecule has 0 aromatic heterocycles. The lowest BCUT2D eigenvalue weighted by Crippen LogP contribution is -2.29. The maximum atomic E-state index is 5.63. The molecule has 15 heavy (non-hydrogen) atoms. The molecule has 0 aliphatic heterocycles. The first-order valence-electron chi connectivity index (χ1n) is 5.54. The van der Waals surface area contributed by atoms with E-state index in [2.05, 4.69) is 43.4 Å². The van der Waals surface area contributed by atoms with Crippen molar-refractivity contribution < 1.29 is 4.74 Å². The molecule has 0 aliphatic carbocycles. The molecule has 2 heteroatoms. The quantitative estimate of drug-likeness (QED) is 0.801. The number of hydrogen-bond acceptors (Lipinski definition) is 2. The van der Waals surface area contributed by atoms with E-state index < -0.39 is 0 Å². The standard InChI is InChI=1S/C13H21NO/c1-5-15-11(3)13(14-4)12-8-6-7-10(2)9-12/h6-9,11,13-14H,5H2,1-4H3. The minimum absolute atomic E-state index is 0.196. The van der Waals surface area contributed by atoms with Crippen molar-refractivity contribution in [3.8, 4) is 0 Å². The van der Waals surface area contributed by atoms with Crippen LogP contribution >= 0.6 is 0 Å². The van der Waals surface area contributed by atoms with E-state index in [1.54, 1.807) is 0 Å². The molecular formula is C13H21NO. The maximum absolute atomic E-state index is 5.63. The molecule has 0 spiro atoms. The van der Waals surface area contributed by atoms with Crippen molar-refractivity contribution in [2.45, 2.75) is 32.9 Å². The zero-order valence-electron chi connectivity index (χ0n) is 10.1. The van der Waals surface area contributed by atoms with Gasteiger partial charge in [-0.05, 0) is 33.4 Å². The summed E-state index contributed by atoms with van der Waals surface area (Å²) in [5, 5.41) is 3.31. The Morgan fingerprint density at radius 2 is 2.13 bits per heavy atom. The van der Waals surface area contributed by atoms with E-state index in [0.717, 1.165) is 6.61 Å². The van der Waals surface area contributed by atoms with E-state index in [4.69, 9.17) is 4.74 Å². The van der Waals surface area contributed by atoms with Crippen molar-refractivity contribution in [3.05, 3.63) is 35.4 Å². The van der Waals surface area contributed by atoms with Gasteiger partial charge in [-0.1, -0.05) is 29.8 Å². The fraction of sp³-hybridized carbons (Fsp3) is 0.538. The van der Waals surface area contributed by atoms with E-state index in [9.17, 15) is 0 Å². The highest BCUT2D eigenvalue weighted by Crippen LogP contribution is 2.19. The molecule has 2 unspecified atom stereocenters. The van der Waals surface area contributed by atoms with Crippen molar-refractivity contribution in [1.29, 1.82) is 0 Å². The Labute approximate surface area is 92.6 Å². The van der Waals surface area contributed by atoms with Crippen LogP contribution in [-0.4, -0.2) is 19.8 Å². The molecule has 0 radical (unpaired) electrons. The molecule has 2 nitrogen and oxygen atoms in total. The van der Waals surface area contributed by atoms with Crippen molar-refractivity contribution in [2.75, 3.05) is 13.7 Å². The summed E-state index contributed by atoms with van der Waals surface area (Å²) >= 11 is 0. The summed E-state index contributed by atoms with van der Waals surface area (Å²) in [5.41, 5.74) is 2.58. The number of benzene rings is 1. The van der Waals surface area contributed by atoms with Crippen LogP contribution in [0, 0.1) is 6.92 Å². The van der Waals surface area contributed by atoms with Gasteiger partial charge in [0.1, 0.15) is 0 Å². The highest BCUT2D eigenvalue weighted by molar-refractivity contribution is 5.25. The Hall–Kier alpha value is -0.860. The average molecular weight is 207 g/mol. The normalized spacial score (nSPS) is 14.9.